The van der Waals surface area contributed by atoms with Gasteiger partial charge in [0.1, 0.15) is 5.75 Å². The molecule has 2 N–H and O–H groups in total. The number of nitrogens with two attached hydrogens (primary N) is 1. The summed E-state index contributed by atoms with van der Waals surface area (Å²) in [6.07, 6.45) is 6.35. The van der Waals surface area contributed by atoms with Crippen LogP contribution in [0.25, 0.3) is 10.9 Å². The standard InChI is InChI=1S/C15H18N2O/c16-11-5-7-12(8-6-11)18-15-9-10-17-14-4-2-1-3-13(14)15/h1-4,9-12H,5-8,16H2. The van der Waals surface area contributed by atoms with Gasteiger partial charge in [0, 0.05) is 17.6 Å². The Morgan fingerprint density at radius 2 is 1.83 bits per heavy atom. The highest BCUT2D eigenvalue weighted by molar-refractivity contribution is 5.84. The fraction of sp³-hybridized carbons (Fsp3) is 0.400. The van der Waals surface area contributed by atoms with Crippen LogP contribution < -0.4 is 10.5 Å². The minimum Gasteiger partial charge on any atom is -0.490 e. The molecular weight excluding hydrogens is 224 g/mol. The van der Waals surface area contributed by atoms with Crippen molar-refractivity contribution in [2.45, 2.75) is 37.8 Å². The normalized spacial score (nSPS) is 24.1. The van der Waals surface area contributed by atoms with Crippen molar-refractivity contribution in [1.29, 1.82) is 0 Å². The lowest BCUT2D eigenvalue weighted by atomic mass is 9.94. The van der Waals surface area contributed by atoms with E-state index in [1.165, 1.54) is 0 Å². The first-order valence-electron chi connectivity index (χ1n) is 6.59. The third kappa shape index (κ3) is 2.31. The molecule has 0 amide bonds. The Balaban J connectivity index is 1.82. The van der Waals surface area contributed by atoms with Crippen LogP contribution >= 0.6 is 0 Å². The number of rotatable bonds is 2. The highest BCUT2D eigenvalue weighted by atomic mass is 16.5. The number of para-hydroxylation sites is 1. The van der Waals surface area contributed by atoms with Gasteiger partial charge in [0.05, 0.1) is 11.6 Å². The van der Waals surface area contributed by atoms with Gasteiger partial charge in [-0.2, -0.15) is 0 Å². The third-order valence-electron chi connectivity index (χ3n) is 3.62. The van der Waals surface area contributed by atoms with Crippen LogP contribution in [0.4, 0.5) is 0 Å². The average Bonchev–Trinajstić information content (AvgIpc) is 2.42. The molecule has 1 fully saturated rings. The second-order valence-corrected chi connectivity index (χ2v) is 4.98. The summed E-state index contributed by atoms with van der Waals surface area (Å²) in [6.45, 7) is 0. The minimum atomic E-state index is 0.301. The molecule has 1 aromatic heterocycles. The summed E-state index contributed by atoms with van der Waals surface area (Å²) in [7, 11) is 0. The number of nitrogens with zero attached hydrogens (tertiary/aromatic N) is 1. The van der Waals surface area contributed by atoms with Gasteiger partial charge in [0.25, 0.3) is 0 Å². The molecule has 0 unspecified atom stereocenters. The predicted molar refractivity (Wildman–Crippen MR) is 72.6 cm³/mol. The van der Waals surface area contributed by atoms with Crippen LogP contribution in [0.5, 0.6) is 5.75 Å². The monoisotopic (exact) mass is 242 g/mol. The fourth-order valence-corrected chi connectivity index (χ4v) is 2.56. The molecule has 3 nitrogen and oxygen atoms in total. The minimum absolute atomic E-state index is 0.301. The topological polar surface area (TPSA) is 48.1 Å². The first kappa shape index (κ1) is 11.5. The van der Waals surface area contributed by atoms with Crippen molar-refractivity contribution in [2.75, 3.05) is 0 Å². The van der Waals surface area contributed by atoms with Gasteiger partial charge < -0.3 is 10.5 Å². The second-order valence-electron chi connectivity index (χ2n) is 4.98. The number of benzene rings is 1. The molecule has 0 bridgehead atoms. The number of aromatic nitrogens is 1. The van der Waals surface area contributed by atoms with Crippen molar-refractivity contribution in [3.63, 3.8) is 0 Å². The predicted octanol–water partition coefficient (Wildman–Crippen LogP) is 2.88. The van der Waals surface area contributed by atoms with Crippen molar-refractivity contribution in [3.05, 3.63) is 36.5 Å². The zero-order chi connectivity index (χ0) is 12.4. The number of hydrogen-bond acceptors (Lipinski definition) is 3. The van der Waals surface area contributed by atoms with E-state index in [9.17, 15) is 0 Å². The van der Waals surface area contributed by atoms with E-state index < -0.39 is 0 Å². The van der Waals surface area contributed by atoms with Crippen LogP contribution in [0.2, 0.25) is 0 Å². The van der Waals surface area contributed by atoms with E-state index in [2.05, 4.69) is 11.1 Å². The largest absolute Gasteiger partial charge is 0.490 e. The Kier molecular flexibility index (Phi) is 3.15. The highest BCUT2D eigenvalue weighted by Gasteiger charge is 2.20. The Hall–Kier alpha value is -1.61. The number of pyridine rings is 1. The highest BCUT2D eigenvalue weighted by Crippen LogP contribution is 2.28. The van der Waals surface area contributed by atoms with Crippen LogP contribution in [-0.4, -0.2) is 17.1 Å². The summed E-state index contributed by atoms with van der Waals surface area (Å²) in [4.78, 5) is 4.35. The summed E-state index contributed by atoms with van der Waals surface area (Å²) in [6, 6.07) is 10.4. The Morgan fingerprint density at radius 1 is 1.06 bits per heavy atom. The molecule has 94 valence electrons. The van der Waals surface area contributed by atoms with E-state index in [4.69, 9.17) is 10.5 Å². The van der Waals surface area contributed by atoms with Crippen LogP contribution in [0.1, 0.15) is 25.7 Å². The zero-order valence-corrected chi connectivity index (χ0v) is 10.4. The molecule has 3 heteroatoms. The number of ether oxygens (including phenoxy) is 1. The van der Waals surface area contributed by atoms with Gasteiger partial charge in [-0.25, -0.2) is 0 Å². The van der Waals surface area contributed by atoms with Gasteiger partial charge in [-0.3, -0.25) is 4.98 Å². The molecule has 1 aromatic carbocycles. The van der Waals surface area contributed by atoms with Crippen molar-refractivity contribution in [3.8, 4) is 5.75 Å². The number of fused-ring (bicyclic) bond motifs is 1. The van der Waals surface area contributed by atoms with E-state index in [0.717, 1.165) is 42.3 Å². The molecule has 1 aliphatic carbocycles. The molecule has 0 saturated heterocycles. The van der Waals surface area contributed by atoms with Gasteiger partial charge in [0.2, 0.25) is 0 Å². The number of hydrogen-bond donors (Lipinski definition) is 1. The maximum absolute atomic E-state index is 6.12. The smallest absolute Gasteiger partial charge is 0.130 e. The lowest BCUT2D eigenvalue weighted by Gasteiger charge is -2.27. The fourth-order valence-electron chi connectivity index (χ4n) is 2.56. The zero-order valence-electron chi connectivity index (χ0n) is 10.4. The molecule has 1 heterocycles. The molecule has 1 aliphatic rings. The molecule has 0 atom stereocenters. The SMILES string of the molecule is NC1CCC(Oc2ccnc3ccccc23)CC1. The molecular formula is C15H18N2O. The maximum atomic E-state index is 6.12. The van der Waals surface area contributed by atoms with Crippen molar-refractivity contribution in [1.82, 2.24) is 4.98 Å². The summed E-state index contributed by atoms with van der Waals surface area (Å²) in [5.74, 6) is 0.945. The van der Waals surface area contributed by atoms with Crippen molar-refractivity contribution >= 4 is 10.9 Å². The van der Waals surface area contributed by atoms with Gasteiger partial charge in [-0.1, -0.05) is 12.1 Å². The Bertz CT molecular complexity index is 528. The summed E-state index contributed by atoms with van der Waals surface area (Å²) >= 11 is 0. The van der Waals surface area contributed by atoms with Crippen LogP contribution in [0.15, 0.2) is 36.5 Å². The van der Waals surface area contributed by atoms with E-state index in [1.54, 1.807) is 0 Å². The summed E-state index contributed by atoms with van der Waals surface area (Å²) in [5, 5.41) is 1.09. The molecule has 0 aliphatic heterocycles. The first-order chi connectivity index (χ1) is 8.83. The molecule has 3 rings (SSSR count). The molecule has 2 aromatic rings. The van der Waals surface area contributed by atoms with Crippen molar-refractivity contribution < 1.29 is 4.74 Å². The van der Waals surface area contributed by atoms with Crippen LogP contribution in [-0.2, 0) is 0 Å². The summed E-state index contributed by atoms with van der Waals surface area (Å²) in [5.41, 5.74) is 6.90. The maximum Gasteiger partial charge on any atom is 0.130 e. The molecule has 0 spiro atoms. The van der Waals surface area contributed by atoms with Crippen LogP contribution in [0, 0.1) is 0 Å². The quantitative estimate of drug-likeness (QED) is 0.880. The van der Waals surface area contributed by atoms with E-state index in [-0.39, 0.29) is 0 Å². The third-order valence-corrected chi connectivity index (χ3v) is 3.62. The van der Waals surface area contributed by atoms with Gasteiger partial charge >= 0.3 is 0 Å². The Labute approximate surface area is 107 Å². The van der Waals surface area contributed by atoms with Gasteiger partial charge in [0.15, 0.2) is 0 Å². The van der Waals surface area contributed by atoms with Gasteiger partial charge in [-0.05, 0) is 43.9 Å². The van der Waals surface area contributed by atoms with E-state index in [0.29, 0.717) is 12.1 Å². The Morgan fingerprint density at radius 3 is 2.67 bits per heavy atom. The van der Waals surface area contributed by atoms with Crippen molar-refractivity contribution in [2.24, 2.45) is 5.73 Å². The average molecular weight is 242 g/mol. The molecule has 0 radical (unpaired) electrons. The molecule has 1 saturated carbocycles. The second kappa shape index (κ2) is 4.94. The first-order valence-corrected chi connectivity index (χ1v) is 6.59. The van der Waals surface area contributed by atoms with Gasteiger partial charge in [-0.15, -0.1) is 0 Å². The lowest BCUT2D eigenvalue weighted by molar-refractivity contribution is 0.149. The van der Waals surface area contributed by atoms with E-state index >= 15 is 0 Å². The molecule has 18 heavy (non-hydrogen) atoms. The van der Waals surface area contributed by atoms with E-state index in [1.807, 2.05) is 30.5 Å². The lowest BCUT2D eigenvalue weighted by Crippen LogP contribution is -2.31. The summed E-state index contributed by atoms with van der Waals surface area (Å²) < 4.78 is 6.12. The van der Waals surface area contributed by atoms with Crippen LogP contribution in [0.3, 0.4) is 0 Å².